The zero-order chi connectivity index (χ0) is 35.5. The summed E-state index contributed by atoms with van der Waals surface area (Å²) in [4.78, 5) is 29.8. The quantitative estimate of drug-likeness (QED) is 0.0799. The summed E-state index contributed by atoms with van der Waals surface area (Å²) < 4.78 is 24.7. The van der Waals surface area contributed by atoms with Crippen molar-refractivity contribution in [3.63, 3.8) is 0 Å². The Bertz CT molecular complexity index is 1870. The summed E-state index contributed by atoms with van der Waals surface area (Å²) >= 11 is 1.36. The predicted molar refractivity (Wildman–Crippen MR) is 193 cm³/mol. The molecular weight excluding hydrogens is 655 g/mol. The van der Waals surface area contributed by atoms with Gasteiger partial charge in [0.25, 0.3) is 5.56 Å². The highest BCUT2D eigenvalue weighted by molar-refractivity contribution is 7.98. The summed E-state index contributed by atoms with van der Waals surface area (Å²) in [6.07, 6.45) is 1.55. The van der Waals surface area contributed by atoms with Gasteiger partial charge in [0.2, 0.25) is 5.91 Å². The number of nitrogens with zero attached hydrogens (tertiary/aromatic N) is 2. The van der Waals surface area contributed by atoms with Crippen LogP contribution in [-0.2, 0) is 27.4 Å². The van der Waals surface area contributed by atoms with Crippen LogP contribution < -0.4 is 25.1 Å². The molecular formula is C39H41N3O7S. The van der Waals surface area contributed by atoms with Gasteiger partial charge in [-0.05, 0) is 71.1 Å². The van der Waals surface area contributed by atoms with Gasteiger partial charge in [0.1, 0.15) is 29.4 Å². The minimum absolute atomic E-state index is 0.0318. The molecule has 5 aromatic rings. The number of aliphatic hydroxyl groups excluding tert-OH is 1. The average Bonchev–Trinajstić information content (AvgIpc) is 3.15. The van der Waals surface area contributed by atoms with Gasteiger partial charge in [0, 0.05) is 18.0 Å². The second kappa shape index (κ2) is 17.0. The highest BCUT2D eigenvalue weighted by Gasteiger charge is 2.38. The van der Waals surface area contributed by atoms with Crippen LogP contribution in [0.4, 0.5) is 0 Å². The van der Waals surface area contributed by atoms with Crippen molar-refractivity contribution >= 4 is 17.7 Å². The molecule has 1 amide bonds. The monoisotopic (exact) mass is 695 g/mol. The third-order valence-electron chi connectivity index (χ3n) is 8.33. The maximum atomic E-state index is 13.4. The van der Waals surface area contributed by atoms with E-state index in [0.29, 0.717) is 22.4 Å². The summed E-state index contributed by atoms with van der Waals surface area (Å²) in [5.41, 5.74) is 3.08. The fourth-order valence-corrected chi connectivity index (χ4v) is 6.67. The summed E-state index contributed by atoms with van der Waals surface area (Å²) in [6.45, 7) is 1.47. The smallest absolute Gasteiger partial charge is 0.273 e. The van der Waals surface area contributed by atoms with E-state index in [1.165, 1.54) is 17.8 Å². The van der Waals surface area contributed by atoms with Gasteiger partial charge in [-0.3, -0.25) is 9.59 Å². The van der Waals surface area contributed by atoms with E-state index in [-0.39, 0.29) is 25.7 Å². The fraction of sp³-hybridized carbons (Fsp3) is 0.256. The Kier molecular flexibility index (Phi) is 12.3. The Morgan fingerprint density at radius 3 is 1.98 bits per heavy atom. The van der Waals surface area contributed by atoms with Gasteiger partial charge >= 0.3 is 0 Å². The molecule has 1 atom stereocenters. The van der Waals surface area contributed by atoms with E-state index in [1.807, 2.05) is 104 Å². The van der Waals surface area contributed by atoms with Gasteiger partial charge in [-0.2, -0.15) is 4.98 Å². The van der Waals surface area contributed by atoms with Crippen LogP contribution in [0.15, 0.2) is 119 Å². The lowest BCUT2D eigenvalue weighted by Crippen LogP contribution is -2.45. The van der Waals surface area contributed by atoms with Crippen LogP contribution in [0.5, 0.6) is 17.2 Å². The maximum absolute atomic E-state index is 13.4. The average molecular weight is 696 g/mol. The van der Waals surface area contributed by atoms with Crippen LogP contribution in [0.1, 0.15) is 27.8 Å². The maximum Gasteiger partial charge on any atom is 0.273 e. The number of nitrogens with one attached hydrogen (secondary N) is 1. The van der Waals surface area contributed by atoms with Crippen molar-refractivity contribution in [3.05, 3.63) is 147 Å². The van der Waals surface area contributed by atoms with Crippen molar-refractivity contribution in [2.24, 2.45) is 0 Å². The van der Waals surface area contributed by atoms with Gasteiger partial charge in [0.15, 0.2) is 5.16 Å². The molecule has 5 rings (SSSR count). The van der Waals surface area contributed by atoms with E-state index in [4.69, 9.17) is 18.9 Å². The third-order valence-corrected chi connectivity index (χ3v) is 9.37. The number of thioether (sulfide) groups is 1. The number of aliphatic hydroxyl groups is 1. The van der Waals surface area contributed by atoms with E-state index >= 15 is 0 Å². The third kappa shape index (κ3) is 8.54. The number of aromatic nitrogens is 2. The molecule has 0 aliphatic heterocycles. The molecule has 50 heavy (non-hydrogen) atoms. The van der Waals surface area contributed by atoms with E-state index < -0.39 is 17.2 Å². The molecule has 1 aromatic heterocycles. The largest absolute Gasteiger partial charge is 0.497 e. The van der Waals surface area contributed by atoms with Gasteiger partial charge in [-0.1, -0.05) is 72.4 Å². The fourth-order valence-electron chi connectivity index (χ4n) is 5.62. The van der Waals surface area contributed by atoms with E-state index in [1.54, 1.807) is 32.1 Å². The number of ether oxygens (including phenoxy) is 4. The molecule has 0 aliphatic carbocycles. The molecule has 0 saturated heterocycles. The normalized spacial score (nSPS) is 11.9. The van der Waals surface area contributed by atoms with Gasteiger partial charge in [-0.25, -0.2) is 0 Å². The molecule has 0 spiro atoms. The lowest BCUT2D eigenvalue weighted by Gasteiger charge is -2.37. The number of rotatable bonds is 16. The van der Waals surface area contributed by atoms with Crippen LogP contribution in [0.3, 0.4) is 0 Å². The molecule has 1 unspecified atom stereocenters. The molecule has 4 aromatic carbocycles. The number of amides is 1. The highest BCUT2D eigenvalue weighted by atomic mass is 32.2. The Morgan fingerprint density at radius 2 is 1.42 bits per heavy atom. The number of aryl methyl sites for hydroxylation is 1. The molecule has 1 heterocycles. The number of carbonyl (C=O) groups is 1. The summed E-state index contributed by atoms with van der Waals surface area (Å²) in [7, 11) is 4.84. The Morgan fingerprint density at radius 1 is 0.840 bits per heavy atom. The summed E-state index contributed by atoms with van der Waals surface area (Å²) in [5, 5.41) is 13.8. The second-order valence-corrected chi connectivity index (χ2v) is 12.5. The predicted octanol–water partition coefficient (Wildman–Crippen LogP) is 5.36. The lowest BCUT2D eigenvalue weighted by molar-refractivity contribution is -0.124. The molecule has 0 fully saturated rings. The van der Waals surface area contributed by atoms with Crippen molar-refractivity contribution < 1.29 is 28.8 Å². The molecule has 10 nitrogen and oxygen atoms in total. The first-order valence-electron chi connectivity index (χ1n) is 16.0. The van der Waals surface area contributed by atoms with Crippen LogP contribution in [0.2, 0.25) is 0 Å². The highest BCUT2D eigenvalue weighted by Crippen LogP contribution is 2.41. The van der Waals surface area contributed by atoms with Crippen LogP contribution >= 0.6 is 11.8 Å². The molecule has 11 heteroatoms. The number of methoxy groups -OCH3 is 3. The number of hydrogen-bond donors (Lipinski definition) is 2. The molecule has 0 saturated carbocycles. The minimum atomic E-state index is -1.12. The standard InChI is InChI=1S/C39H41N3O7S/c1-27-22-35(48-4)15-10-28(27)26-50-38-41-36(44)20-21-42(38)23-37(45)40-32(24-43)25-49-39(29-8-6-5-7-9-29,30-11-16-33(46-2)17-12-30)31-13-18-34(47-3)19-14-31/h5-22,32,43H,23-26H2,1-4H3,(H,40,45). The topological polar surface area (TPSA) is 121 Å². The summed E-state index contributed by atoms with van der Waals surface area (Å²) in [5.74, 6) is 2.32. The van der Waals surface area contributed by atoms with Crippen molar-refractivity contribution in [3.8, 4) is 17.2 Å². The first-order chi connectivity index (χ1) is 24.3. The van der Waals surface area contributed by atoms with E-state index in [0.717, 1.165) is 33.6 Å². The van der Waals surface area contributed by atoms with E-state index in [2.05, 4.69) is 10.3 Å². The molecule has 0 radical (unpaired) electrons. The van der Waals surface area contributed by atoms with Crippen molar-refractivity contribution in [2.75, 3.05) is 34.5 Å². The van der Waals surface area contributed by atoms with Gasteiger partial charge in [0.05, 0.1) is 40.6 Å². The van der Waals surface area contributed by atoms with Gasteiger partial charge < -0.3 is 33.9 Å². The number of benzene rings is 4. The first kappa shape index (κ1) is 36.2. The van der Waals surface area contributed by atoms with Crippen molar-refractivity contribution in [1.82, 2.24) is 14.9 Å². The molecule has 260 valence electrons. The second-order valence-electron chi connectivity index (χ2n) is 11.5. The SMILES string of the molecule is COc1ccc(C(OCC(CO)NC(=O)Cn2ccc(=O)nc2SCc2ccc(OC)cc2C)(c2ccccc2)c2ccc(OC)cc2)cc1. The molecule has 2 N–H and O–H groups in total. The number of hydrogen-bond acceptors (Lipinski definition) is 9. The van der Waals surface area contributed by atoms with Crippen LogP contribution in [0, 0.1) is 6.92 Å². The van der Waals surface area contributed by atoms with Crippen molar-refractivity contribution in [2.45, 2.75) is 36.0 Å². The zero-order valence-electron chi connectivity index (χ0n) is 28.5. The Labute approximate surface area is 296 Å². The molecule has 0 bridgehead atoms. The zero-order valence-corrected chi connectivity index (χ0v) is 29.3. The number of carbonyl (C=O) groups excluding carboxylic acids is 1. The van der Waals surface area contributed by atoms with Crippen LogP contribution in [0.25, 0.3) is 0 Å². The van der Waals surface area contributed by atoms with Gasteiger partial charge in [-0.15, -0.1) is 0 Å². The van der Waals surface area contributed by atoms with E-state index in [9.17, 15) is 14.7 Å². The van der Waals surface area contributed by atoms with Crippen LogP contribution in [-0.4, -0.2) is 61.1 Å². The Balaban J connectivity index is 1.38. The Hall–Kier alpha value is -5.10. The van der Waals surface area contributed by atoms with Crippen molar-refractivity contribution in [1.29, 1.82) is 0 Å². The summed E-state index contributed by atoms with van der Waals surface area (Å²) in [6, 6.07) is 31.4. The lowest BCUT2D eigenvalue weighted by atomic mass is 9.80. The first-order valence-corrected chi connectivity index (χ1v) is 17.0. The molecule has 0 aliphatic rings. The minimum Gasteiger partial charge on any atom is -0.497 e.